The molecule has 0 saturated carbocycles. The van der Waals surface area contributed by atoms with Crippen LogP contribution in [0.4, 0.5) is 0 Å². The fraction of sp³-hybridized carbons (Fsp3) is 0.538. The summed E-state index contributed by atoms with van der Waals surface area (Å²) in [4.78, 5) is 39.9. The van der Waals surface area contributed by atoms with Gasteiger partial charge in [0.1, 0.15) is 6.54 Å². The second-order valence-electron chi connectivity index (χ2n) is 4.61. The Balaban J connectivity index is 3.23. The number of carbonyl (C=O) groups is 2. The number of likely N-dealkylation sites (N-methyl/N-ethyl adjacent to an activating group) is 1. The number of carboxylic acid groups (broad SMARTS) is 1. The molecule has 0 aromatic carbocycles. The molecule has 0 aliphatic rings. The summed E-state index contributed by atoms with van der Waals surface area (Å²) in [5.74, 6) is -1.22. The molecule has 0 spiro atoms. The molecule has 0 radical (unpaired) electrons. The SMILES string of the molecule is CCN(C)C(=O)Cn1c(C)c(CC(=O)O)c(C)nc1=O. The second kappa shape index (κ2) is 6.31. The normalized spacial score (nSPS) is 10.4. The van der Waals surface area contributed by atoms with Crippen LogP contribution in [-0.2, 0) is 22.6 Å². The lowest BCUT2D eigenvalue weighted by molar-refractivity contribution is -0.136. The first-order chi connectivity index (χ1) is 9.27. The summed E-state index contributed by atoms with van der Waals surface area (Å²) in [5.41, 5.74) is 0.807. The van der Waals surface area contributed by atoms with Gasteiger partial charge in [0.25, 0.3) is 0 Å². The Morgan fingerprint density at radius 1 is 1.35 bits per heavy atom. The summed E-state index contributed by atoms with van der Waals surface area (Å²) < 4.78 is 1.22. The smallest absolute Gasteiger partial charge is 0.348 e. The van der Waals surface area contributed by atoms with E-state index in [1.807, 2.05) is 6.92 Å². The van der Waals surface area contributed by atoms with Crippen molar-refractivity contribution >= 4 is 11.9 Å². The van der Waals surface area contributed by atoms with Gasteiger partial charge in [-0.15, -0.1) is 0 Å². The lowest BCUT2D eigenvalue weighted by Crippen LogP contribution is -2.36. The highest BCUT2D eigenvalue weighted by atomic mass is 16.4. The highest BCUT2D eigenvalue weighted by Gasteiger charge is 2.17. The molecule has 1 aromatic rings. The molecule has 0 aliphatic carbocycles. The maximum atomic E-state index is 11.9. The first-order valence-electron chi connectivity index (χ1n) is 6.30. The maximum Gasteiger partial charge on any atom is 0.348 e. The zero-order valence-electron chi connectivity index (χ0n) is 12.1. The van der Waals surface area contributed by atoms with E-state index in [1.54, 1.807) is 20.9 Å². The van der Waals surface area contributed by atoms with Gasteiger partial charge < -0.3 is 10.0 Å². The molecule has 0 bridgehead atoms. The number of hydrogen-bond acceptors (Lipinski definition) is 4. The average molecular weight is 281 g/mol. The zero-order chi connectivity index (χ0) is 15.4. The third kappa shape index (κ3) is 3.43. The molecule has 1 aromatic heterocycles. The minimum atomic E-state index is -1.000. The van der Waals surface area contributed by atoms with Gasteiger partial charge in [-0.05, 0) is 20.8 Å². The van der Waals surface area contributed by atoms with Crippen LogP contribution < -0.4 is 5.69 Å². The highest BCUT2D eigenvalue weighted by molar-refractivity contribution is 5.76. The molecule has 1 heterocycles. The Kier molecular flexibility index (Phi) is 5.01. The zero-order valence-corrected chi connectivity index (χ0v) is 12.1. The van der Waals surface area contributed by atoms with Crippen molar-refractivity contribution < 1.29 is 14.7 Å². The van der Waals surface area contributed by atoms with Crippen LogP contribution in [0.5, 0.6) is 0 Å². The van der Waals surface area contributed by atoms with Crippen molar-refractivity contribution in [1.29, 1.82) is 0 Å². The molecular weight excluding hydrogens is 262 g/mol. The molecule has 7 heteroatoms. The number of aliphatic carboxylic acids is 1. The monoisotopic (exact) mass is 281 g/mol. The number of amides is 1. The molecule has 0 aliphatic heterocycles. The quantitative estimate of drug-likeness (QED) is 0.818. The van der Waals surface area contributed by atoms with Crippen molar-refractivity contribution in [2.75, 3.05) is 13.6 Å². The number of hydrogen-bond donors (Lipinski definition) is 1. The Morgan fingerprint density at radius 3 is 2.45 bits per heavy atom. The van der Waals surface area contributed by atoms with Crippen LogP contribution in [-0.4, -0.2) is 45.0 Å². The van der Waals surface area contributed by atoms with Crippen LogP contribution in [0.3, 0.4) is 0 Å². The Hall–Kier alpha value is -2.18. The van der Waals surface area contributed by atoms with Crippen LogP contribution in [0.15, 0.2) is 4.79 Å². The molecular formula is C13H19N3O4. The molecule has 110 valence electrons. The van der Waals surface area contributed by atoms with Gasteiger partial charge in [-0.3, -0.25) is 14.2 Å². The van der Waals surface area contributed by atoms with Crippen LogP contribution in [0.2, 0.25) is 0 Å². The molecule has 1 N–H and O–H groups in total. The lowest BCUT2D eigenvalue weighted by Gasteiger charge is -2.18. The van der Waals surface area contributed by atoms with Crippen molar-refractivity contribution in [3.8, 4) is 0 Å². The number of aryl methyl sites for hydroxylation is 1. The van der Waals surface area contributed by atoms with Crippen LogP contribution in [0.1, 0.15) is 23.9 Å². The lowest BCUT2D eigenvalue weighted by atomic mass is 10.1. The van der Waals surface area contributed by atoms with Gasteiger partial charge in [-0.1, -0.05) is 0 Å². The van der Waals surface area contributed by atoms with E-state index in [2.05, 4.69) is 4.98 Å². The van der Waals surface area contributed by atoms with E-state index in [-0.39, 0.29) is 18.9 Å². The predicted octanol–water partition coefficient (Wildman–Crippen LogP) is -0.0345. The van der Waals surface area contributed by atoms with E-state index in [0.717, 1.165) is 0 Å². The average Bonchev–Trinajstić information content (AvgIpc) is 2.37. The van der Waals surface area contributed by atoms with E-state index >= 15 is 0 Å². The molecule has 0 saturated heterocycles. The third-order valence-electron chi connectivity index (χ3n) is 3.29. The van der Waals surface area contributed by atoms with E-state index in [9.17, 15) is 14.4 Å². The summed E-state index contributed by atoms with van der Waals surface area (Å²) >= 11 is 0. The molecule has 0 fully saturated rings. The van der Waals surface area contributed by atoms with Gasteiger partial charge in [-0.2, -0.15) is 4.98 Å². The number of rotatable bonds is 5. The maximum absolute atomic E-state index is 11.9. The number of carboxylic acids is 1. The van der Waals surface area contributed by atoms with Crippen LogP contribution >= 0.6 is 0 Å². The van der Waals surface area contributed by atoms with Crippen LogP contribution in [0, 0.1) is 13.8 Å². The van der Waals surface area contributed by atoms with Crippen LogP contribution in [0.25, 0.3) is 0 Å². The molecule has 1 rings (SSSR count). The summed E-state index contributed by atoms with van der Waals surface area (Å²) in [6, 6.07) is 0. The van der Waals surface area contributed by atoms with Gasteiger partial charge >= 0.3 is 11.7 Å². The summed E-state index contributed by atoms with van der Waals surface area (Å²) in [6.07, 6.45) is -0.219. The van der Waals surface area contributed by atoms with E-state index < -0.39 is 11.7 Å². The highest BCUT2D eigenvalue weighted by Crippen LogP contribution is 2.10. The van der Waals surface area contributed by atoms with Crippen molar-refractivity contribution in [3.05, 3.63) is 27.4 Å². The third-order valence-corrected chi connectivity index (χ3v) is 3.29. The first-order valence-corrected chi connectivity index (χ1v) is 6.30. The van der Waals surface area contributed by atoms with E-state index in [4.69, 9.17) is 5.11 Å². The number of carbonyl (C=O) groups excluding carboxylic acids is 1. The standard InChI is InChI=1S/C13H19N3O4/c1-5-15(4)11(17)7-16-9(3)10(6-12(18)19)8(2)14-13(16)20/h5-7H2,1-4H3,(H,18,19). The van der Waals surface area contributed by atoms with E-state index in [0.29, 0.717) is 23.5 Å². The fourth-order valence-electron chi connectivity index (χ4n) is 1.87. The van der Waals surface area contributed by atoms with Gasteiger partial charge in [0.15, 0.2) is 0 Å². The molecule has 20 heavy (non-hydrogen) atoms. The van der Waals surface area contributed by atoms with Gasteiger partial charge in [0.05, 0.1) is 6.42 Å². The van der Waals surface area contributed by atoms with Gasteiger partial charge in [-0.25, -0.2) is 4.79 Å². The fourth-order valence-corrected chi connectivity index (χ4v) is 1.87. The Labute approximate surface area is 116 Å². The Bertz CT molecular complexity index is 592. The largest absolute Gasteiger partial charge is 0.481 e. The van der Waals surface area contributed by atoms with Crippen molar-refractivity contribution in [1.82, 2.24) is 14.5 Å². The summed E-state index contributed by atoms with van der Waals surface area (Å²) in [7, 11) is 1.64. The van der Waals surface area contributed by atoms with Crippen molar-refractivity contribution in [3.63, 3.8) is 0 Å². The minimum Gasteiger partial charge on any atom is -0.481 e. The molecule has 7 nitrogen and oxygen atoms in total. The molecule has 1 amide bonds. The summed E-state index contributed by atoms with van der Waals surface area (Å²) in [5, 5.41) is 8.89. The number of aromatic nitrogens is 2. The second-order valence-corrected chi connectivity index (χ2v) is 4.61. The molecule has 0 unspecified atom stereocenters. The Morgan fingerprint density at radius 2 is 1.95 bits per heavy atom. The van der Waals surface area contributed by atoms with Gasteiger partial charge in [0.2, 0.25) is 5.91 Å². The van der Waals surface area contributed by atoms with E-state index in [1.165, 1.54) is 9.47 Å². The number of nitrogens with zero attached hydrogens (tertiary/aromatic N) is 3. The summed E-state index contributed by atoms with van der Waals surface area (Å²) in [6.45, 7) is 5.46. The topological polar surface area (TPSA) is 92.5 Å². The van der Waals surface area contributed by atoms with Gasteiger partial charge in [0, 0.05) is 30.5 Å². The first kappa shape index (κ1) is 15.9. The molecule has 0 atom stereocenters. The van der Waals surface area contributed by atoms with Crippen molar-refractivity contribution in [2.24, 2.45) is 0 Å². The van der Waals surface area contributed by atoms with Crippen molar-refractivity contribution in [2.45, 2.75) is 33.7 Å². The predicted molar refractivity (Wildman–Crippen MR) is 72.6 cm³/mol. The minimum absolute atomic E-state index is 0.130.